The molecule has 0 aromatic rings. The summed E-state index contributed by atoms with van der Waals surface area (Å²) in [6.45, 7) is 4.88. The van der Waals surface area contributed by atoms with Crippen LogP contribution in [0, 0.1) is 5.92 Å². The summed E-state index contributed by atoms with van der Waals surface area (Å²) < 4.78 is 5.55. The SMILES string of the molecule is CC[C@H](C)C(COC=CCCC(=O)[C@](N)(CCO)C(=O)O)NCC(N)CS. The quantitative estimate of drug-likeness (QED) is 0.122. The number of Topliss-reactive ketones (excluding diaryl/α,β-unsaturated/α-hetero) is 1. The van der Waals surface area contributed by atoms with E-state index < -0.39 is 23.9 Å². The number of hydrogen-bond acceptors (Lipinski definition) is 8. The smallest absolute Gasteiger partial charge is 0.331 e. The van der Waals surface area contributed by atoms with E-state index in [1.807, 2.05) is 0 Å². The first-order chi connectivity index (χ1) is 12.7. The number of aliphatic carboxylic acids is 1. The van der Waals surface area contributed by atoms with Gasteiger partial charge in [-0.2, -0.15) is 12.6 Å². The van der Waals surface area contributed by atoms with E-state index in [0.717, 1.165) is 6.42 Å². The fourth-order valence-electron chi connectivity index (χ4n) is 2.35. The van der Waals surface area contributed by atoms with Crippen molar-refractivity contribution < 1.29 is 24.5 Å². The van der Waals surface area contributed by atoms with Crippen molar-refractivity contribution in [3.05, 3.63) is 12.3 Å². The number of rotatable bonds is 16. The Morgan fingerprint density at radius 2 is 2.07 bits per heavy atom. The molecular weight excluding hydrogens is 370 g/mol. The Hall–Kier alpha value is -1.13. The summed E-state index contributed by atoms with van der Waals surface area (Å²) in [5.74, 6) is -1.04. The minimum Gasteiger partial charge on any atom is -0.500 e. The van der Waals surface area contributed by atoms with Crippen LogP contribution in [0.15, 0.2) is 12.3 Å². The van der Waals surface area contributed by atoms with Crippen LogP contribution < -0.4 is 16.8 Å². The van der Waals surface area contributed by atoms with E-state index >= 15 is 0 Å². The minimum atomic E-state index is -2.04. The maximum absolute atomic E-state index is 12.0. The second-order valence-electron chi connectivity index (χ2n) is 6.76. The average molecular weight is 406 g/mol. The molecule has 0 rings (SSSR count). The number of nitrogens with one attached hydrogen (secondary N) is 1. The van der Waals surface area contributed by atoms with Gasteiger partial charge in [-0.3, -0.25) is 4.79 Å². The zero-order valence-electron chi connectivity index (χ0n) is 16.3. The van der Waals surface area contributed by atoms with Crippen molar-refractivity contribution in [2.24, 2.45) is 17.4 Å². The molecule has 0 bridgehead atoms. The van der Waals surface area contributed by atoms with Gasteiger partial charge in [-0.1, -0.05) is 20.3 Å². The molecule has 4 atom stereocenters. The molecule has 0 amide bonds. The van der Waals surface area contributed by atoms with Gasteiger partial charge in [0.1, 0.15) is 6.61 Å². The van der Waals surface area contributed by atoms with Gasteiger partial charge in [0.15, 0.2) is 11.3 Å². The Kier molecular flexibility index (Phi) is 13.4. The Bertz CT molecular complexity index is 478. The summed E-state index contributed by atoms with van der Waals surface area (Å²) in [5.41, 5.74) is 9.43. The summed E-state index contributed by atoms with van der Waals surface area (Å²) in [7, 11) is 0. The summed E-state index contributed by atoms with van der Waals surface area (Å²) in [5, 5.41) is 21.4. The number of carbonyl (C=O) groups is 2. The normalized spacial score (nSPS) is 17.3. The molecule has 0 saturated carbocycles. The number of carboxylic acids is 1. The van der Waals surface area contributed by atoms with E-state index in [9.17, 15) is 9.59 Å². The van der Waals surface area contributed by atoms with Crippen LogP contribution in [-0.4, -0.2) is 65.1 Å². The molecule has 8 nitrogen and oxygen atoms in total. The molecule has 0 aliphatic rings. The molecule has 0 aromatic carbocycles. The molecule has 0 aliphatic heterocycles. The van der Waals surface area contributed by atoms with Gasteiger partial charge in [0.25, 0.3) is 0 Å². The molecule has 0 radical (unpaired) electrons. The van der Waals surface area contributed by atoms with Gasteiger partial charge in [0.05, 0.1) is 6.26 Å². The van der Waals surface area contributed by atoms with Crippen LogP contribution in [0.25, 0.3) is 0 Å². The highest BCUT2D eigenvalue weighted by Gasteiger charge is 2.40. The zero-order valence-corrected chi connectivity index (χ0v) is 17.2. The van der Waals surface area contributed by atoms with Crippen LogP contribution >= 0.6 is 12.6 Å². The Balaban J connectivity index is 4.39. The molecule has 27 heavy (non-hydrogen) atoms. The number of carbonyl (C=O) groups excluding carboxylic acids is 1. The highest BCUT2D eigenvalue weighted by Crippen LogP contribution is 2.13. The maximum atomic E-state index is 12.0. The van der Waals surface area contributed by atoms with Gasteiger partial charge in [0, 0.05) is 43.8 Å². The number of carboxylic acid groups (broad SMARTS) is 1. The van der Waals surface area contributed by atoms with E-state index in [4.69, 9.17) is 26.4 Å². The fraction of sp³-hybridized carbons (Fsp3) is 0.778. The first-order valence-corrected chi connectivity index (χ1v) is 9.88. The fourth-order valence-corrected chi connectivity index (χ4v) is 2.48. The summed E-state index contributed by atoms with van der Waals surface area (Å²) in [6.07, 6.45) is 4.13. The molecule has 0 aliphatic carbocycles. The maximum Gasteiger partial charge on any atom is 0.331 e. The number of ketones is 1. The van der Waals surface area contributed by atoms with E-state index in [1.54, 1.807) is 6.08 Å². The van der Waals surface area contributed by atoms with Gasteiger partial charge >= 0.3 is 5.97 Å². The highest BCUT2D eigenvalue weighted by molar-refractivity contribution is 7.80. The minimum absolute atomic E-state index is 0.0221. The first kappa shape index (κ1) is 25.9. The average Bonchev–Trinajstić information content (AvgIpc) is 2.65. The predicted octanol–water partition coefficient (Wildman–Crippen LogP) is 0.292. The van der Waals surface area contributed by atoms with E-state index in [1.165, 1.54) is 6.26 Å². The van der Waals surface area contributed by atoms with E-state index in [2.05, 4.69) is 31.8 Å². The number of nitrogens with two attached hydrogens (primary N) is 2. The Labute approximate surface area is 167 Å². The van der Waals surface area contributed by atoms with Crippen molar-refractivity contribution in [2.45, 2.75) is 57.2 Å². The van der Waals surface area contributed by atoms with Crippen molar-refractivity contribution in [3.8, 4) is 0 Å². The van der Waals surface area contributed by atoms with Gasteiger partial charge in [-0.05, 0) is 18.4 Å². The third-order valence-electron chi connectivity index (χ3n) is 4.60. The molecule has 9 heteroatoms. The monoisotopic (exact) mass is 405 g/mol. The van der Waals surface area contributed by atoms with Gasteiger partial charge < -0.3 is 31.7 Å². The van der Waals surface area contributed by atoms with Crippen molar-refractivity contribution in [2.75, 3.05) is 25.5 Å². The van der Waals surface area contributed by atoms with Crippen molar-refractivity contribution in [1.29, 1.82) is 0 Å². The van der Waals surface area contributed by atoms with Crippen LogP contribution in [0.5, 0.6) is 0 Å². The highest BCUT2D eigenvalue weighted by atomic mass is 32.1. The van der Waals surface area contributed by atoms with Crippen molar-refractivity contribution >= 4 is 24.4 Å². The second-order valence-corrected chi connectivity index (χ2v) is 7.13. The number of aliphatic hydroxyl groups is 1. The zero-order chi connectivity index (χ0) is 20.9. The summed E-state index contributed by atoms with van der Waals surface area (Å²) in [4.78, 5) is 23.2. The number of aliphatic hydroxyl groups excluding tert-OH is 1. The first-order valence-electron chi connectivity index (χ1n) is 9.25. The largest absolute Gasteiger partial charge is 0.500 e. The lowest BCUT2D eigenvalue weighted by molar-refractivity contribution is -0.149. The molecule has 2 unspecified atom stereocenters. The summed E-state index contributed by atoms with van der Waals surface area (Å²) in [6, 6.07) is 0.117. The number of ether oxygens (including phenoxy) is 1. The van der Waals surface area contributed by atoms with Crippen LogP contribution in [0.1, 0.15) is 39.5 Å². The Morgan fingerprint density at radius 3 is 2.59 bits per heavy atom. The lowest BCUT2D eigenvalue weighted by atomic mass is 9.89. The van der Waals surface area contributed by atoms with Crippen molar-refractivity contribution in [3.63, 3.8) is 0 Å². The van der Waals surface area contributed by atoms with Crippen LogP contribution in [0.3, 0.4) is 0 Å². The third kappa shape index (κ3) is 9.57. The molecule has 7 N–H and O–H groups in total. The Morgan fingerprint density at radius 1 is 1.41 bits per heavy atom. The number of thiol groups is 1. The van der Waals surface area contributed by atoms with Crippen LogP contribution in [-0.2, 0) is 14.3 Å². The van der Waals surface area contributed by atoms with Gasteiger partial charge in [-0.25, -0.2) is 4.79 Å². The van der Waals surface area contributed by atoms with Gasteiger partial charge in [-0.15, -0.1) is 0 Å². The lowest BCUT2D eigenvalue weighted by Crippen LogP contribution is -2.55. The standard InChI is InChI=1S/C18H35N3O5S/c1-3-13(2)15(21-10-14(19)12-27)11-26-9-5-4-6-16(23)18(20,7-8-22)17(24)25/h5,9,13-15,21-22,27H,3-4,6-8,10-12,19-20H2,1-2H3,(H,24,25)/t13-,14?,15?,18+/m0/s1. The van der Waals surface area contributed by atoms with Gasteiger partial charge in [0.2, 0.25) is 0 Å². The van der Waals surface area contributed by atoms with E-state index in [-0.39, 0.29) is 24.9 Å². The number of allylic oxidation sites excluding steroid dienone is 1. The van der Waals surface area contributed by atoms with Crippen LogP contribution in [0.2, 0.25) is 0 Å². The molecular formula is C18H35N3O5S. The molecule has 0 spiro atoms. The van der Waals surface area contributed by atoms with Crippen LogP contribution in [0.4, 0.5) is 0 Å². The van der Waals surface area contributed by atoms with Crippen molar-refractivity contribution in [1.82, 2.24) is 5.32 Å². The molecule has 0 aromatic heterocycles. The summed E-state index contributed by atoms with van der Waals surface area (Å²) >= 11 is 4.17. The second kappa shape index (κ2) is 14.0. The predicted molar refractivity (Wildman–Crippen MR) is 109 cm³/mol. The molecule has 0 fully saturated rings. The molecule has 0 heterocycles. The van der Waals surface area contributed by atoms with E-state index in [0.29, 0.717) is 31.2 Å². The lowest BCUT2D eigenvalue weighted by Gasteiger charge is -2.25. The molecule has 0 saturated heterocycles. The third-order valence-corrected chi connectivity index (χ3v) is 5.07. The molecule has 158 valence electrons. The topological polar surface area (TPSA) is 148 Å². The number of hydrogen-bond donors (Lipinski definition) is 6.